The predicted molar refractivity (Wildman–Crippen MR) is 150 cm³/mol. The predicted octanol–water partition coefficient (Wildman–Crippen LogP) is 4.35. The van der Waals surface area contributed by atoms with Crippen molar-refractivity contribution < 1.29 is 28.9 Å². The summed E-state index contributed by atoms with van der Waals surface area (Å²) in [6.45, 7) is 6.26. The Labute approximate surface area is 236 Å². The maximum Gasteiger partial charge on any atom is 0.205 e. The number of ether oxygens (including phenoxy) is 3. The molecule has 8 nitrogen and oxygen atoms in total. The smallest absolute Gasteiger partial charge is 0.205 e. The van der Waals surface area contributed by atoms with Crippen molar-refractivity contribution in [3.63, 3.8) is 0 Å². The van der Waals surface area contributed by atoms with Gasteiger partial charge in [0.1, 0.15) is 12.4 Å². The highest BCUT2D eigenvalue weighted by Gasteiger charge is 2.75. The van der Waals surface area contributed by atoms with Gasteiger partial charge in [-0.25, -0.2) is 5.43 Å². The van der Waals surface area contributed by atoms with Crippen molar-refractivity contribution in [3.8, 4) is 5.75 Å². The summed E-state index contributed by atoms with van der Waals surface area (Å²) in [7, 11) is 1.80. The molecule has 4 aliphatic carbocycles. The molecule has 1 aromatic rings. The van der Waals surface area contributed by atoms with Crippen molar-refractivity contribution in [1.29, 1.82) is 0 Å². The van der Waals surface area contributed by atoms with Crippen LogP contribution in [-0.4, -0.2) is 54.4 Å². The zero-order valence-electron chi connectivity index (χ0n) is 23.9. The number of fused-ring (bicyclic) bond motifs is 7. The molecule has 0 unspecified atom stereocenters. The molecule has 5 aliphatic rings. The lowest BCUT2D eigenvalue weighted by atomic mass is 9.46. The Morgan fingerprint density at radius 2 is 2.00 bits per heavy atom. The molecule has 4 fully saturated rings. The molecule has 0 aromatic heterocycles. The van der Waals surface area contributed by atoms with Gasteiger partial charge in [0, 0.05) is 29.5 Å². The highest BCUT2D eigenvalue weighted by Crippen LogP contribution is 2.69. The number of carbonyl (C=O) groups excluding carboxylic acids is 2. The number of aliphatic hydroxyl groups is 1. The van der Waals surface area contributed by atoms with E-state index in [4.69, 9.17) is 14.2 Å². The van der Waals surface area contributed by atoms with E-state index in [-0.39, 0.29) is 47.4 Å². The summed E-state index contributed by atoms with van der Waals surface area (Å²) in [5, 5.41) is 11.9. The molecular weight excluding hydrogens is 508 g/mol. The first-order valence-corrected chi connectivity index (χ1v) is 14.8. The zero-order valence-corrected chi connectivity index (χ0v) is 23.9. The molecule has 9 atom stereocenters. The van der Waals surface area contributed by atoms with Crippen LogP contribution in [0.4, 0.5) is 5.69 Å². The molecular formula is C32H42N2O6. The van der Waals surface area contributed by atoms with Gasteiger partial charge in [0.2, 0.25) is 5.78 Å². The number of Topliss-reactive ketones (excluding diaryl/α,β-unsaturated/α-hetero) is 1. The molecule has 3 N–H and O–H groups in total. The van der Waals surface area contributed by atoms with Crippen molar-refractivity contribution in [2.45, 2.75) is 83.4 Å². The second-order valence-electron chi connectivity index (χ2n) is 12.8. The highest BCUT2D eigenvalue weighted by atomic mass is 16.7. The molecule has 0 radical (unpaired) electrons. The Morgan fingerprint density at radius 1 is 1.23 bits per heavy atom. The number of carbonyl (C=O) groups is 2. The summed E-state index contributed by atoms with van der Waals surface area (Å²) >= 11 is 0. The molecule has 216 valence electrons. The van der Waals surface area contributed by atoms with Crippen LogP contribution in [0.15, 0.2) is 48.1 Å². The fourth-order valence-electron chi connectivity index (χ4n) is 9.04. The summed E-state index contributed by atoms with van der Waals surface area (Å²) in [6, 6.07) is 7.43. The molecule has 1 heterocycles. The van der Waals surface area contributed by atoms with Crippen LogP contribution in [0.2, 0.25) is 0 Å². The molecule has 0 spiro atoms. The van der Waals surface area contributed by atoms with E-state index < -0.39 is 23.4 Å². The Kier molecular flexibility index (Phi) is 6.97. The minimum Gasteiger partial charge on any atom is -0.486 e. The third-order valence-corrected chi connectivity index (χ3v) is 10.7. The van der Waals surface area contributed by atoms with Crippen molar-refractivity contribution in [1.82, 2.24) is 5.43 Å². The fraction of sp³-hybridized carbons (Fsp3) is 0.625. The van der Waals surface area contributed by atoms with Crippen molar-refractivity contribution >= 4 is 17.3 Å². The van der Waals surface area contributed by atoms with Crippen LogP contribution in [0.5, 0.6) is 5.75 Å². The van der Waals surface area contributed by atoms with Gasteiger partial charge >= 0.3 is 0 Å². The monoisotopic (exact) mass is 550 g/mol. The Balaban J connectivity index is 1.30. The van der Waals surface area contributed by atoms with Gasteiger partial charge in [-0.3, -0.25) is 9.59 Å². The van der Waals surface area contributed by atoms with Gasteiger partial charge in [-0.1, -0.05) is 38.8 Å². The maximum atomic E-state index is 14.3. The van der Waals surface area contributed by atoms with E-state index in [1.807, 2.05) is 30.3 Å². The number of rotatable bonds is 8. The van der Waals surface area contributed by atoms with Gasteiger partial charge < -0.3 is 24.7 Å². The van der Waals surface area contributed by atoms with Crippen LogP contribution in [0.3, 0.4) is 0 Å². The molecule has 3 saturated carbocycles. The summed E-state index contributed by atoms with van der Waals surface area (Å²) in [6.07, 6.45) is 8.44. The van der Waals surface area contributed by atoms with Crippen LogP contribution in [0, 0.1) is 28.6 Å². The number of hydrazine groups is 1. The zero-order chi connectivity index (χ0) is 28.3. The first-order chi connectivity index (χ1) is 19.2. The summed E-state index contributed by atoms with van der Waals surface area (Å²) in [5.74, 6) is 0.831. The van der Waals surface area contributed by atoms with Crippen LogP contribution in [-0.2, 0) is 19.1 Å². The second kappa shape index (κ2) is 10.1. The largest absolute Gasteiger partial charge is 0.486 e. The van der Waals surface area contributed by atoms with E-state index in [9.17, 15) is 14.7 Å². The summed E-state index contributed by atoms with van der Waals surface area (Å²) in [4.78, 5) is 26.5. The highest BCUT2D eigenvalue weighted by molar-refractivity contribution is 6.01. The quantitative estimate of drug-likeness (QED) is 0.411. The normalized spacial score (nSPS) is 41.4. The molecule has 8 heteroatoms. The van der Waals surface area contributed by atoms with Crippen molar-refractivity contribution in [2.24, 2.45) is 28.6 Å². The fourth-order valence-corrected chi connectivity index (χ4v) is 9.04. The summed E-state index contributed by atoms with van der Waals surface area (Å²) < 4.78 is 19.2. The molecule has 1 aromatic carbocycles. The number of nitrogens with one attached hydrogen (secondary N) is 2. The van der Waals surface area contributed by atoms with Gasteiger partial charge in [-0.2, -0.15) is 0 Å². The van der Waals surface area contributed by atoms with Gasteiger partial charge in [0.25, 0.3) is 0 Å². The third kappa shape index (κ3) is 4.02. The van der Waals surface area contributed by atoms with Gasteiger partial charge in [0.15, 0.2) is 17.7 Å². The Hall–Kier alpha value is -2.52. The van der Waals surface area contributed by atoms with E-state index in [1.165, 1.54) is 0 Å². The first kappa shape index (κ1) is 27.6. The van der Waals surface area contributed by atoms with E-state index in [1.54, 1.807) is 19.2 Å². The molecule has 0 amide bonds. The minimum atomic E-state index is -1.17. The number of anilines is 1. The van der Waals surface area contributed by atoms with Crippen LogP contribution < -0.4 is 15.6 Å². The van der Waals surface area contributed by atoms with E-state index in [0.29, 0.717) is 18.6 Å². The number of aliphatic hydroxyl groups excluding tert-OH is 1. The number of benzene rings is 1. The third-order valence-electron chi connectivity index (χ3n) is 10.7. The number of hydrogen-bond donors (Lipinski definition) is 3. The molecule has 6 rings (SSSR count). The lowest BCUT2D eigenvalue weighted by molar-refractivity contribution is -0.200. The lowest BCUT2D eigenvalue weighted by Gasteiger charge is -2.59. The first-order valence-electron chi connectivity index (χ1n) is 14.8. The van der Waals surface area contributed by atoms with Gasteiger partial charge in [-0.15, -0.1) is 0 Å². The van der Waals surface area contributed by atoms with Crippen molar-refractivity contribution in [2.75, 3.05) is 19.1 Å². The Morgan fingerprint density at radius 3 is 2.73 bits per heavy atom. The molecule has 1 saturated heterocycles. The van der Waals surface area contributed by atoms with Gasteiger partial charge in [-0.05, 0) is 80.4 Å². The topological polar surface area (TPSA) is 106 Å². The van der Waals surface area contributed by atoms with E-state index in [2.05, 4.69) is 31.6 Å². The maximum absolute atomic E-state index is 14.3. The van der Waals surface area contributed by atoms with Crippen LogP contribution >= 0.6 is 0 Å². The standard InChI is InChI=1S/C32H42N2O6/c1-5-6-28-39-27-16-24-23-12-7-19-15-21(35)13-14-30(19,2)29(23)25(36)17-31(24,3)32(27,40-28)26(37)18-38-22-10-8-20(9-11-22)34-33-4/h8-11,13-15,23-25,27-29,33-34,36H,5-7,12,16-18H2,1-4H3/t23-,24-,25-,27+,28+,29+,30-,31-,32+/m0/s1. The molecule has 0 bridgehead atoms. The Bertz CT molecular complexity index is 1230. The lowest BCUT2D eigenvalue weighted by Crippen LogP contribution is -2.63. The minimum absolute atomic E-state index is 0.0201. The van der Waals surface area contributed by atoms with Crippen molar-refractivity contribution in [3.05, 3.63) is 48.1 Å². The average molecular weight is 551 g/mol. The van der Waals surface area contributed by atoms with Crippen LogP contribution in [0.1, 0.15) is 59.3 Å². The average Bonchev–Trinajstić information content (AvgIpc) is 3.40. The second-order valence-corrected chi connectivity index (χ2v) is 12.8. The summed E-state index contributed by atoms with van der Waals surface area (Å²) in [5.41, 5.74) is 5.77. The number of hydrogen-bond acceptors (Lipinski definition) is 8. The van der Waals surface area contributed by atoms with Crippen LogP contribution in [0.25, 0.3) is 0 Å². The molecule has 1 aliphatic heterocycles. The number of allylic oxidation sites excluding steroid dienone is 4. The SMILES string of the molecule is CCC[C@@H]1O[C@@H]2C[C@H]3[C@@H]4CCC5=CC(=O)C=C[C@]5(C)[C@H]4[C@@H](O)C[C@]3(C)[C@]2(C(=O)COc2ccc(NNC)cc2)O1. The van der Waals surface area contributed by atoms with E-state index >= 15 is 0 Å². The van der Waals surface area contributed by atoms with Gasteiger partial charge in [0.05, 0.1) is 12.2 Å². The van der Waals surface area contributed by atoms with E-state index in [0.717, 1.165) is 36.9 Å². The molecule has 40 heavy (non-hydrogen) atoms. The number of ketones is 2.